The molecule has 0 bridgehead atoms. The number of furan rings is 2. The largest absolute Gasteiger partial charge is 0.455 e. The molecular formula is C46H26O2. The van der Waals surface area contributed by atoms with Crippen LogP contribution in [0.3, 0.4) is 0 Å². The summed E-state index contributed by atoms with van der Waals surface area (Å²) in [7, 11) is 0. The first-order chi connectivity index (χ1) is 23.8. The van der Waals surface area contributed by atoms with E-state index < -0.39 is 0 Å². The minimum atomic E-state index is 0.916. The van der Waals surface area contributed by atoms with Crippen molar-refractivity contribution in [2.45, 2.75) is 0 Å². The average Bonchev–Trinajstić information content (AvgIpc) is 3.72. The fourth-order valence-electron chi connectivity index (χ4n) is 8.08. The van der Waals surface area contributed by atoms with Gasteiger partial charge < -0.3 is 8.83 Å². The van der Waals surface area contributed by atoms with Gasteiger partial charge in [-0.15, -0.1) is 0 Å². The zero-order valence-electron chi connectivity index (χ0n) is 25.8. The highest BCUT2D eigenvalue weighted by molar-refractivity contribution is 6.28. The van der Waals surface area contributed by atoms with Gasteiger partial charge in [-0.25, -0.2) is 0 Å². The molecule has 2 aromatic heterocycles. The number of benzene rings is 9. The minimum absolute atomic E-state index is 0.916. The Bertz CT molecular complexity index is 3060. The Morgan fingerprint density at radius 3 is 1.44 bits per heavy atom. The summed E-state index contributed by atoms with van der Waals surface area (Å²) in [6, 6.07) is 56.6. The van der Waals surface area contributed by atoms with Crippen molar-refractivity contribution in [3.63, 3.8) is 0 Å². The highest BCUT2D eigenvalue weighted by atomic mass is 16.3. The molecule has 0 atom stereocenters. The van der Waals surface area contributed by atoms with Crippen molar-refractivity contribution in [1.29, 1.82) is 0 Å². The molecule has 2 heteroatoms. The molecule has 0 unspecified atom stereocenters. The second kappa shape index (κ2) is 9.57. The molecular weight excluding hydrogens is 585 g/mol. The van der Waals surface area contributed by atoms with Crippen molar-refractivity contribution in [2.75, 3.05) is 0 Å². The molecule has 11 aromatic rings. The number of hydrogen-bond acceptors (Lipinski definition) is 2. The highest BCUT2D eigenvalue weighted by Crippen LogP contribution is 2.45. The summed E-state index contributed by atoms with van der Waals surface area (Å²) in [6.07, 6.45) is 0. The van der Waals surface area contributed by atoms with E-state index in [4.69, 9.17) is 8.83 Å². The van der Waals surface area contributed by atoms with Crippen LogP contribution in [0.5, 0.6) is 0 Å². The number of hydrogen-bond donors (Lipinski definition) is 0. The van der Waals surface area contributed by atoms with E-state index in [9.17, 15) is 0 Å². The van der Waals surface area contributed by atoms with E-state index >= 15 is 0 Å². The fraction of sp³-hybridized carbons (Fsp3) is 0. The van der Waals surface area contributed by atoms with Gasteiger partial charge in [-0.1, -0.05) is 140 Å². The third kappa shape index (κ3) is 3.52. The Kier molecular flexibility index (Phi) is 5.14. The molecule has 0 aliphatic carbocycles. The predicted molar refractivity (Wildman–Crippen MR) is 201 cm³/mol. The van der Waals surface area contributed by atoms with Gasteiger partial charge in [0.25, 0.3) is 0 Å². The van der Waals surface area contributed by atoms with Gasteiger partial charge in [0.1, 0.15) is 22.3 Å². The van der Waals surface area contributed by atoms with Crippen LogP contribution in [-0.2, 0) is 0 Å². The first kappa shape index (κ1) is 25.8. The number of rotatable bonds is 3. The molecule has 0 saturated carbocycles. The minimum Gasteiger partial charge on any atom is -0.455 e. The predicted octanol–water partition coefficient (Wildman–Crippen LogP) is 13.4. The van der Waals surface area contributed by atoms with Gasteiger partial charge in [-0.3, -0.25) is 0 Å². The van der Waals surface area contributed by atoms with Crippen LogP contribution < -0.4 is 0 Å². The average molecular weight is 611 g/mol. The van der Waals surface area contributed by atoms with Crippen LogP contribution in [0.2, 0.25) is 0 Å². The molecule has 0 aliphatic rings. The van der Waals surface area contributed by atoms with E-state index in [1.54, 1.807) is 0 Å². The smallest absolute Gasteiger partial charge is 0.143 e. The van der Waals surface area contributed by atoms with Crippen LogP contribution in [0.15, 0.2) is 167 Å². The van der Waals surface area contributed by atoms with Gasteiger partial charge in [0.2, 0.25) is 0 Å². The molecule has 222 valence electrons. The van der Waals surface area contributed by atoms with E-state index in [2.05, 4.69) is 140 Å². The molecule has 2 nitrogen and oxygen atoms in total. The Hall–Kier alpha value is -6.38. The van der Waals surface area contributed by atoms with Gasteiger partial charge in [-0.05, 0) is 72.8 Å². The SMILES string of the molecule is c1cc(-c2ccc3ccc4c(-c5cccc6c5oc5ccccc56)ccc5ccc2c3c54)cc(-c2cccc3c2oc2ccccc23)c1. The lowest BCUT2D eigenvalue weighted by atomic mass is 9.86. The Balaban J connectivity index is 1.13. The molecule has 0 amide bonds. The molecule has 2 heterocycles. The summed E-state index contributed by atoms with van der Waals surface area (Å²) >= 11 is 0. The summed E-state index contributed by atoms with van der Waals surface area (Å²) in [6.45, 7) is 0. The van der Waals surface area contributed by atoms with Crippen molar-refractivity contribution in [2.24, 2.45) is 0 Å². The standard InChI is InChI=1S/C46H26O2/c1-3-16-41-34(10-1)39-14-6-12-32(45(39)47-41)30-9-5-8-29(26-30)31-22-18-27-21-25-37-33(23-19-28-20-24-36(31)43(27)44(28)37)38-13-7-15-40-35-11-2-4-17-42(35)48-46(38)40/h1-26H. The maximum Gasteiger partial charge on any atom is 0.143 e. The Labute approximate surface area is 275 Å². The molecule has 0 radical (unpaired) electrons. The van der Waals surface area contributed by atoms with Crippen LogP contribution in [0.25, 0.3) is 110 Å². The van der Waals surface area contributed by atoms with Crippen LogP contribution >= 0.6 is 0 Å². The lowest BCUT2D eigenvalue weighted by Gasteiger charge is -2.17. The van der Waals surface area contributed by atoms with E-state index in [1.165, 1.54) is 49.0 Å². The molecule has 0 N–H and O–H groups in total. The molecule has 48 heavy (non-hydrogen) atoms. The molecule has 11 rings (SSSR count). The van der Waals surface area contributed by atoms with Gasteiger partial charge >= 0.3 is 0 Å². The van der Waals surface area contributed by atoms with E-state index in [-0.39, 0.29) is 0 Å². The molecule has 0 fully saturated rings. The summed E-state index contributed by atoms with van der Waals surface area (Å²) < 4.78 is 12.9. The molecule has 0 aliphatic heterocycles. The van der Waals surface area contributed by atoms with E-state index in [0.29, 0.717) is 0 Å². The summed E-state index contributed by atoms with van der Waals surface area (Å²) in [4.78, 5) is 0. The summed E-state index contributed by atoms with van der Waals surface area (Å²) in [5, 5.41) is 12.2. The quantitative estimate of drug-likeness (QED) is 0.186. The fourth-order valence-corrected chi connectivity index (χ4v) is 8.08. The second-order valence-electron chi connectivity index (χ2n) is 12.8. The lowest BCUT2D eigenvalue weighted by Crippen LogP contribution is -1.90. The van der Waals surface area contributed by atoms with Gasteiger partial charge in [-0.2, -0.15) is 0 Å². The highest BCUT2D eigenvalue weighted by Gasteiger charge is 2.19. The maximum atomic E-state index is 6.49. The summed E-state index contributed by atoms with van der Waals surface area (Å²) in [5.74, 6) is 0. The van der Waals surface area contributed by atoms with Crippen molar-refractivity contribution in [1.82, 2.24) is 0 Å². The first-order valence-electron chi connectivity index (χ1n) is 16.4. The topological polar surface area (TPSA) is 26.3 Å². The number of fused-ring (bicyclic) bond motifs is 6. The lowest BCUT2D eigenvalue weighted by molar-refractivity contribution is 0.669. The second-order valence-corrected chi connectivity index (χ2v) is 12.8. The third-order valence-electron chi connectivity index (χ3n) is 10.2. The Morgan fingerprint density at radius 1 is 0.292 bits per heavy atom. The van der Waals surface area contributed by atoms with Crippen LogP contribution in [-0.4, -0.2) is 0 Å². The van der Waals surface area contributed by atoms with Crippen molar-refractivity contribution in [3.05, 3.63) is 158 Å². The van der Waals surface area contributed by atoms with Gasteiger partial charge in [0.05, 0.1) is 0 Å². The monoisotopic (exact) mass is 610 g/mol. The van der Waals surface area contributed by atoms with Crippen molar-refractivity contribution in [3.8, 4) is 33.4 Å². The molecule has 9 aromatic carbocycles. The molecule has 0 spiro atoms. The van der Waals surface area contributed by atoms with E-state index in [1.807, 2.05) is 18.2 Å². The van der Waals surface area contributed by atoms with E-state index in [0.717, 1.165) is 60.6 Å². The first-order valence-corrected chi connectivity index (χ1v) is 16.4. The van der Waals surface area contributed by atoms with Crippen LogP contribution in [0.4, 0.5) is 0 Å². The molecule has 0 saturated heterocycles. The van der Waals surface area contributed by atoms with Crippen LogP contribution in [0.1, 0.15) is 0 Å². The zero-order valence-corrected chi connectivity index (χ0v) is 25.8. The number of para-hydroxylation sites is 4. The zero-order chi connectivity index (χ0) is 31.3. The van der Waals surface area contributed by atoms with Gasteiger partial charge in [0, 0.05) is 32.7 Å². The van der Waals surface area contributed by atoms with Crippen LogP contribution in [0, 0.1) is 0 Å². The summed E-state index contributed by atoms with van der Waals surface area (Å²) in [5.41, 5.74) is 10.7. The Morgan fingerprint density at radius 2 is 0.771 bits per heavy atom. The van der Waals surface area contributed by atoms with Crippen molar-refractivity contribution < 1.29 is 8.83 Å². The maximum absolute atomic E-state index is 6.49. The normalized spacial score (nSPS) is 12.2. The van der Waals surface area contributed by atoms with Gasteiger partial charge in [0.15, 0.2) is 0 Å². The van der Waals surface area contributed by atoms with Crippen molar-refractivity contribution >= 4 is 76.2 Å². The third-order valence-corrected chi connectivity index (χ3v) is 10.2.